The normalized spacial score (nSPS) is 26.2. The maximum atomic E-state index is 13.6. The number of aliphatic hydroxyl groups is 1. The van der Waals surface area contributed by atoms with E-state index in [1.165, 1.54) is 7.11 Å². The topological polar surface area (TPSA) is 62.1 Å². The van der Waals surface area contributed by atoms with Gasteiger partial charge in [0.25, 0.3) is 5.72 Å². The predicted octanol–water partition coefficient (Wildman–Crippen LogP) is 2.88. The van der Waals surface area contributed by atoms with E-state index in [4.69, 9.17) is 4.74 Å². The average Bonchev–Trinajstić information content (AvgIpc) is 2.90. The van der Waals surface area contributed by atoms with E-state index in [1.807, 2.05) is 0 Å². The van der Waals surface area contributed by atoms with Gasteiger partial charge in [0, 0.05) is 5.71 Å². The second kappa shape index (κ2) is 6.33. The summed E-state index contributed by atoms with van der Waals surface area (Å²) in [6.07, 6.45) is -3.44. The second-order valence-corrected chi connectivity index (χ2v) is 6.34. The first-order chi connectivity index (χ1) is 11.8. The summed E-state index contributed by atoms with van der Waals surface area (Å²) >= 11 is 0. The number of rotatable bonds is 3. The van der Waals surface area contributed by atoms with Crippen LogP contribution >= 0.6 is 0 Å². The second-order valence-electron chi connectivity index (χ2n) is 6.34. The van der Waals surface area contributed by atoms with Crippen LogP contribution < -0.4 is 4.74 Å². The number of ether oxygens (including phenoxy) is 1. The maximum Gasteiger partial charge on any atom is 0.439 e. The molecule has 0 radical (unpaired) electrons. The van der Waals surface area contributed by atoms with E-state index in [-0.39, 0.29) is 23.6 Å². The molecule has 1 amide bonds. The maximum absolute atomic E-state index is 13.6. The molecule has 1 saturated carbocycles. The predicted molar refractivity (Wildman–Crippen MR) is 83.9 cm³/mol. The number of alkyl halides is 3. The van der Waals surface area contributed by atoms with Crippen molar-refractivity contribution < 1.29 is 27.8 Å². The number of carbonyl (C=O) groups is 1. The Kier molecular flexibility index (Phi) is 4.49. The minimum atomic E-state index is -4.98. The fourth-order valence-corrected chi connectivity index (χ4v) is 3.46. The largest absolute Gasteiger partial charge is 0.497 e. The van der Waals surface area contributed by atoms with Crippen LogP contribution in [0.15, 0.2) is 29.4 Å². The Balaban J connectivity index is 1.87. The van der Waals surface area contributed by atoms with Crippen LogP contribution in [0.5, 0.6) is 5.75 Å². The molecule has 0 aromatic heterocycles. The van der Waals surface area contributed by atoms with Crippen LogP contribution in [-0.4, -0.2) is 40.7 Å². The van der Waals surface area contributed by atoms with Gasteiger partial charge in [-0.05, 0) is 37.0 Å². The van der Waals surface area contributed by atoms with Crippen LogP contribution in [-0.2, 0) is 11.2 Å². The van der Waals surface area contributed by atoms with Gasteiger partial charge < -0.3 is 9.84 Å². The fourth-order valence-electron chi connectivity index (χ4n) is 3.46. The standard InChI is InChI=1S/C17H19F3N2O3/c1-25-12-8-6-11(7-9-12)10-15(23)22-16(24,17(18,19)20)13-4-2-3-5-14(13)21-22/h6-9,13,24H,2-5,10H2,1H3/t13-,16-/m1/s1. The molecule has 0 saturated heterocycles. The summed E-state index contributed by atoms with van der Waals surface area (Å²) in [6.45, 7) is 0. The number of amides is 1. The zero-order chi connectivity index (χ0) is 18.2. The molecule has 8 heteroatoms. The lowest BCUT2D eigenvalue weighted by molar-refractivity contribution is -0.317. The zero-order valence-electron chi connectivity index (χ0n) is 13.7. The van der Waals surface area contributed by atoms with E-state index in [0.717, 1.165) is 0 Å². The quantitative estimate of drug-likeness (QED) is 0.906. The zero-order valence-corrected chi connectivity index (χ0v) is 13.7. The minimum Gasteiger partial charge on any atom is -0.497 e. The Morgan fingerprint density at radius 2 is 2.04 bits per heavy atom. The van der Waals surface area contributed by atoms with Gasteiger partial charge in [-0.2, -0.15) is 23.3 Å². The molecule has 1 aromatic carbocycles. The number of fused-ring (bicyclic) bond motifs is 1. The number of hydrogen-bond donors (Lipinski definition) is 1. The van der Waals surface area contributed by atoms with Gasteiger partial charge in [-0.25, -0.2) is 0 Å². The van der Waals surface area contributed by atoms with Crippen molar-refractivity contribution in [2.75, 3.05) is 7.11 Å². The summed E-state index contributed by atoms with van der Waals surface area (Å²) in [7, 11) is 1.49. The number of benzene rings is 1. The Morgan fingerprint density at radius 3 is 2.64 bits per heavy atom. The van der Waals surface area contributed by atoms with Crippen molar-refractivity contribution in [3.05, 3.63) is 29.8 Å². The van der Waals surface area contributed by atoms with Gasteiger partial charge in [-0.1, -0.05) is 18.6 Å². The highest BCUT2D eigenvalue weighted by atomic mass is 19.4. The molecule has 25 heavy (non-hydrogen) atoms. The van der Waals surface area contributed by atoms with Crippen LogP contribution in [0.3, 0.4) is 0 Å². The van der Waals surface area contributed by atoms with Gasteiger partial charge in [-0.15, -0.1) is 0 Å². The Bertz CT molecular complexity index is 687. The van der Waals surface area contributed by atoms with E-state index in [0.29, 0.717) is 30.6 Å². The Hall–Kier alpha value is -2.09. The summed E-state index contributed by atoms with van der Waals surface area (Å²) in [4.78, 5) is 12.5. The summed E-state index contributed by atoms with van der Waals surface area (Å²) in [6, 6.07) is 6.43. The summed E-state index contributed by atoms with van der Waals surface area (Å²) < 4.78 is 45.9. The first-order valence-electron chi connectivity index (χ1n) is 8.10. The molecular formula is C17H19F3N2O3. The summed E-state index contributed by atoms with van der Waals surface area (Å²) in [5.74, 6) is -1.48. The van der Waals surface area contributed by atoms with Gasteiger partial charge >= 0.3 is 6.18 Å². The number of carbonyl (C=O) groups excluding carboxylic acids is 1. The van der Waals surface area contributed by atoms with Crippen molar-refractivity contribution in [2.45, 2.75) is 44.0 Å². The van der Waals surface area contributed by atoms with Crippen molar-refractivity contribution in [1.82, 2.24) is 5.01 Å². The molecule has 0 spiro atoms. The summed E-state index contributed by atoms with van der Waals surface area (Å²) in [5.41, 5.74) is -2.48. The molecule has 1 fully saturated rings. The third-order valence-corrected chi connectivity index (χ3v) is 4.78. The minimum absolute atomic E-state index is 0.168. The molecule has 0 unspecified atom stereocenters. The average molecular weight is 356 g/mol. The van der Waals surface area contributed by atoms with Crippen molar-refractivity contribution in [1.29, 1.82) is 0 Å². The first-order valence-corrected chi connectivity index (χ1v) is 8.10. The number of halogens is 3. The van der Waals surface area contributed by atoms with Crippen molar-refractivity contribution in [3.63, 3.8) is 0 Å². The molecule has 0 bridgehead atoms. The molecule has 1 heterocycles. The van der Waals surface area contributed by atoms with Crippen LogP contribution in [0.4, 0.5) is 13.2 Å². The van der Waals surface area contributed by atoms with Crippen LogP contribution in [0.25, 0.3) is 0 Å². The lowest BCUT2D eigenvalue weighted by Crippen LogP contribution is -2.61. The van der Waals surface area contributed by atoms with Gasteiger partial charge in [-0.3, -0.25) is 4.79 Å². The highest BCUT2D eigenvalue weighted by Gasteiger charge is 2.68. The highest BCUT2D eigenvalue weighted by Crippen LogP contribution is 2.48. The fraction of sp³-hybridized carbons (Fsp3) is 0.529. The van der Waals surface area contributed by atoms with Crippen molar-refractivity contribution >= 4 is 11.6 Å². The highest BCUT2D eigenvalue weighted by molar-refractivity contribution is 5.93. The SMILES string of the molecule is COc1ccc(CC(=O)N2N=C3CCCC[C@H]3[C@@]2(O)C(F)(F)F)cc1. The third kappa shape index (κ3) is 2.99. The molecule has 2 atom stereocenters. The van der Waals surface area contributed by atoms with E-state index in [9.17, 15) is 23.1 Å². The molecule has 1 aliphatic heterocycles. The first kappa shape index (κ1) is 17.7. The molecular weight excluding hydrogens is 337 g/mol. The lowest BCUT2D eigenvalue weighted by atomic mass is 9.80. The van der Waals surface area contributed by atoms with Gasteiger partial charge in [0.15, 0.2) is 0 Å². The molecule has 1 aromatic rings. The van der Waals surface area contributed by atoms with Gasteiger partial charge in [0.2, 0.25) is 5.91 Å². The van der Waals surface area contributed by atoms with E-state index >= 15 is 0 Å². The molecule has 2 aliphatic rings. The third-order valence-electron chi connectivity index (χ3n) is 4.78. The van der Waals surface area contributed by atoms with E-state index in [1.54, 1.807) is 24.3 Å². The van der Waals surface area contributed by atoms with Crippen molar-refractivity contribution in [2.24, 2.45) is 11.0 Å². The van der Waals surface area contributed by atoms with E-state index in [2.05, 4.69) is 5.10 Å². The smallest absolute Gasteiger partial charge is 0.439 e. The molecule has 1 aliphatic carbocycles. The monoisotopic (exact) mass is 356 g/mol. The van der Waals surface area contributed by atoms with Crippen LogP contribution in [0, 0.1) is 5.92 Å². The molecule has 3 rings (SSSR count). The van der Waals surface area contributed by atoms with Crippen LogP contribution in [0.1, 0.15) is 31.2 Å². The number of hydrogen-bond acceptors (Lipinski definition) is 4. The number of hydrazone groups is 1. The Labute approximate surface area is 143 Å². The molecule has 1 N–H and O–H groups in total. The molecule has 136 valence electrons. The van der Waals surface area contributed by atoms with Gasteiger partial charge in [0.05, 0.1) is 19.4 Å². The van der Waals surface area contributed by atoms with Crippen LogP contribution in [0.2, 0.25) is 0 Å². The van der Waals surface area contributed by atoms with E-state index < -0.39 is 23.7 Å². The van der Waals surface area contributed by atoms with Crippen molar-refractivity contribution in [3.8, 4) is 5.75 Å². The Morgan fingerprint density at radius 1 is 1.36 bits per heavy atom. The molecule has 5 nitrogen and oxygen atoms in total. The van der Waals surface area contributed by atoms with Gasteiger partial charge in [0.1, 0.15) is 5.75 Å². The summed E-state index contributed by atoms with van der Waals surface area (Å²) in [5, 5.41) is 14.6. The number of methoxy groups -OCH3 is 1. The lowest BCUT2D eigenvalue weighted by Gasteiger charge is -2.38. The number of nitrogens with zero attached hydrogens (tertiary/aromatic N) is 2.